The standard InChI is InChI=1S/C31H31N3O3S.Na.H/c1-33(2)31(17-13-28(14-18-31)25-7-4-3-5-8-25)23-30(24-32)27-11-9-26(10-12-27)29-15-20-34(21-16-29)19-6-22-38(35,36)37;;/h3-5,7-17,20-21,23H,6,18-19,22H2,1-2H3;;/p+1/b30-23+;;. The Labute approximate surface area is 253 Å². The monoisotopic (exact) mass is 550 g/mol. The molecule has 1 aliphatic rings. The Hall–Kier alpha value is -2.83. The van der Waals surface area contributed by atoms with Gasteiger partial charge in [0, 0.05) is 18.6 Å². The fourth-order valence-electron chi connectivity index (χ4n) is 4.56. The Balaban J connectivity index is 0.00000420. The molecular formula is C31H33N3NaO3S+. The second-order valence-electron chi connectivity index (χ2n) is 9.66. The zero-order chi connectivity index (χ0) is 27.2. The van der Waals surface area contributed by atoms with Gasteiger partial charge in [-0.3, -0.25) is 9.45 Å². The molecule has 0 bridgehead atoms. The Morgan fingerprint density at radius 2 is 1.67 bits per heavy atom. The number of hydrogen-bond donors (Lipinski definition) is 1. The number of hydrogen-bond acceptors (Lipinski definition) is 4. The predicted molar refractivity (Wildman–Crippen MR) is 158 cm³/mol. The van der Waals surface area contributed by atoms with Crippen LogP contribution in [-0.2, 0) is 16.7 Å². The number of aromatic nitrogens is 1. The molecule has 0 aliphatic heterocycles. The van der Waals surface area contributed by atoms with E-state index in [-0.39, 0.29) is 35.3 Å². The van der Waals surface area contributed by atoms with Gasteiger partial charge in [0.1, 0.15) is 6.54 Å². The molecule has 39 heavy (non-hydrogen) atoms. The van der Waals surface area contributed by atoms with Crippen LogP contribution < -0.4 is 4.57 Å². The van der Waals surface area contributed by atoms with Gasteiger partial charge in [0.25, 0.3) is 10.1 Å². The van der Waals surface area contributed by atoms with Crippen LogP contribution in [0.2, 0.25) is 0 Å². The van der Waals surface area contributed by atoms with Crippen LogP contribution in [0.5, 0.6) is 0 Å². The van der Waals surface area contributed by atoms with Crippen molar-refractivity contribution in [2.24, 2.45) is 0 Å². The number of nitrogens with zero attached hydrogens (tertiary/aromatic N) is 3. The second kappa shape index (κ2) is 13.5. The number of aryl methyl sites for hydroxylation is 1. The van der Waals surface area contributed by atoms with Gasteiger partial charge in [-0.1, -0.05) is 72.8 Å². The molecule has 0 amide bonds. The quantitative estimate of drug-likeness (QED) is 0.183. The van der Waals surface area contributed by atoms with Gasteiger partial charge in [0.15, 0.2) is 12.4 Å². The Morgan fingerprint density at radius 3 is 2.21 bits per heavy atom. The molecule has 1 N–H and O–H groups in total. The molecule has 1 aromatic heterocycles. The van der Waals surface area contributed by atoms with Crippen molar-refractivity contribution < 1.29 is 17.5 Å². The summed E-state index contributed by atoms with van der Waals surface area (Å²) < 4.78 is 32.6. The molecule has 0 fully saturated rings. The first-order chi connectivity index (χ1) is 18.2. The normalized spacial score (nSPS) is 17.3. The van der Waals surface area contributed by atoms with Crippen molar-refractivity contribution in [1.29, 1.82) is 5.26 Å². The van der Waals surface area contributed by atoms with Crippen molar-refractivity contribution in [1.82, 2.24) is 4.90 Å². The topological polar surface area (TPSA) is 85.3 Å². The van der Waals surface area contributed by atoms with Crippen LogP contribution >= 0.6 is 0 Å². The number of likely N-dealkylation sites (N-methyl/N-ethyl adjacent to an activating group) is 1. The first-order valence-corrected chi connectivity index (χ1v) is 14.1. The number of rotatable bonds is 9. The van der Waals surface area contributed by atoms with Crippen molar-refractivity contribution in [3.8, 4) is 17.2 Å². The average Bonchev–Trinajstić information content (AvgIpc) is 2.92. The summed E-state index contributed by atoms with van der Waals surface area (Å²) in [6.07, 6.45) is 13.5. The minimum absolute atomic E-state index is 0. The molecule has 4 rings (SSSR count). The zero-order valence-electron chi connectivity index (χ0n) is 21.7. The van der Waals surface area contributed by atoms with E-state index >= 15 is 0 Å². The first-order valence-electron chi connectivity index (χ1n) is 12.5. The van der Waals surface area contributed by atoms with Crippen molar-refractivity contribution in [3.05, 3.63) is 115 Å². The van der Waals surface area contributed by atoms with Crippen LogP contribution in [0.1, 0.15) is 24.0 Å². The molecule has 0 radical (unpaired) electrons. The van der Waals surface area contributed by atoms with E-state index < -0.39 is 15.7 Å². The fraction of sp³-hybridized carbons (Fsp3) is 0.226. The van der Waals surface area contributed by atoms with Crippen LogP contribution in [0, 0.1) is 11.3 Å². The van der Waals surface area contributed by atoms with Gasteiger partial charge in [-0.15, -0.1) is 0 Å². The summed E-state index contributed by atoms with van der Waals surface area (Å²) >= 11 is 0. The molecule has 8 heteroatoms. The van der Waals surface area contributed by atoms with Crippen molar-refractivity contribution in [2.75, 3.05) is 19.8 Å². The number of allylic oxidation sites excluding steroid dienone is 3. The molecule has 1 heterocycles. The number of benzene rings is 2. The van der Waals surface area contributed by atoms with E-state index in [2.05, 4.69) is 47.4 Å². The minimum atomic E-state index is -3.94. The molecule has 196 valence electrons. The molecule has 2 aromatic carbocycles. The zero-order valence-corrected chi connectivity index (χ0v) is 22.5. The molecule has 6 nitrogen and oxygen atoms in total. The van der Waals surface area contributed by atoms with Gasteiger partial charge in [0.2, 0.25) is 0 Å². The van der Waals surface area contributed by atoms with Gasteiger partial charge in [0.05, 0.1) is 22.9 Å². The Morgan fingerprint density at radius 1 is 1.03 bits per heavy atom. The third-order valence-corrected chi connectivity index (χ3v) is 7.70. The van der Waals surface area contributed by atoms with E-state index in [0.29, 0.717) is 18.5 Å². The summed E-state index contributed by atoms with van der Waals surface area (Å²) in [6, 6.07) is 24.6. The number of pyridine rings is 1. The summed E-state index contributed by atoms with van der Waals surface area (Å²) in [5.41, 5.74) is 5.48. The van der Waals surface area contributed by atoms with Crippen molar-refractivity contribution in [3.63, 3.8) is 0 Å². The summed E-state index contributed by atoms with van der Waals surface area (Å²) in [4.78, 5) is 2.14. The van der Waals surface area contributed by atoms with Gasteiger partial charge in [-0.2, -0.15) is 13.7 Å². The van der Waals surface area contributed by atoms with Gasteiger partial charge >= 0.3 is 29.6 Å². The second-order valence-corrected chi connectivity index (χ2v) is 11.2. The maximum atomic E-state index is 10.9. The van der Waals surface area contributed by atoms with Crippen LogP contribution in [0.15, 0.2) is 103 Å². The Kier molecular flexibility index (Phi) is 10.6. The van der Waals surface area contributed by atoms with Gasteiger partial charge in [-0.05, 0) is 54.4 Å². The van der Waals surface area contributed by atoms with Gasteiger partial charge < -0.3 is 0 Å². The van der Waals surface area contributed by atoms with Crippen molar-refractivity contribution in [2.45, 2.75) is 24.9 Å². The Bertz CT molecular complexity index is 1510. The molecule has 1 atom stereocenters. The third kappa shape index (κ3) is 8.09. The number of nitriles is 1. The molecule has 1 unspecified atom stereocenters. The molecule has 1 aliphatic carbocycles. The molecule has 0 saturated heterocycles. The summed E-state index contributed by atoms with van der Waals surface area (Å²) in [6.45, 7) is 0.499. The predicted octanol–water partition coefficient (Wildman–Crippen LogP) is 4.52. The van der Waals surface area contributed by atoms with E-state index in [9.17, 15) is 13.7 Å². The van der Waals surface area contributed by atoms with E-state index in [1.165, 1.54) is 11.1 Å². The van der Waals surface area contributed by atoms with Crippen LogP contribution in [-0.4, -0.2) is 72.8 Å². The summed E-state index contributed by atoms with van der Waals surface area (Å²) in [7, 11) is 0.124. The van der Waals surface area contributed by atoms with E-state index in [4.69, 9.17) is 4.55 Å². The molecule has 0 spiro atoms. The van der Waals surface area contributed by atoms with E-state index in [0.717, 1.165) is 23.1 Å². The third-order valence-electron chi connectivity index (χ3n) is 6.89. The summed E-state index contributed by atoms with van der Waals surface area (Å²) in [5, 5.41) is 10.0. The average molecular weight is 551 g/mol. The molecular weight excluding hydrogens is 517 g/mol. The van der Waals surface area contributed by atoms with Gasteiger partial charge in [-0.25, -0.2) is 4.57 Å². The van der Waals surface area contributed by atoms with Crippen LogP contribution in [0.4, 0.5) is 0 Å². The van der Waals surface area contributed by atoms with E-state index in [1.807, 2.05) is 85.7 Å². The fourth-order valence-corrected chi connectivity index (χ4v) is 5.05. The molecule has 3 aromatic rings. The SMILES string of the molecule is CN(C)C1(/C=C(\C#N)c2ccc(-c3cc[n+](CCCS(=O)(=O)O)cc3)cc2)C=CC(c2ccccc2)=CC1.[NaH]. The summed E-state index contributed by atoms with van der Waals surface area (Å²) in [5.74, 6) is -0.257. The maximum absolute atomic E-state index is 10.9. The first kappa shape index (κ1) is 30.7. The van der Waals surface area contributed by atoms with E-state index in [1.54, 1.807) is 0 Å². The molecule has 0 saturated carbocycles. The van der Waals surface area contributed by atoms with Crippen molar-refractivity contribution >= 4 is 50.8 Å². The van der Waals surface area contributed by atoms with Crippen LogP contribution in [0.3, 0.4) is 0 Å². The van der Waals surface area contributed by atoms with Crippen LogP contribution in [0.25, 0.3) is 22.3 Å².